The lowest BCUT2D eigenvalue weighted by Gasteiger charge is -2.37. The molecule has 2 aliphatic heterocycles. The van der Waals surface area contributed by atoms with E-state index < -0.39 is 22.9 Å². The first-order valence-corrected chi connectivity index (χ1v) is 10.6. The normalized spacial score (nSPS) is 19.1. The molecule has 1 fully saturated rings. The molecule has 1 atom stereocenters. The van der Waals surface area contributed by atoms with Gasteiger partial charge in [0.15, 0.2) is 0 Å². The summed E-state index contributed by atoms with van der Waals surface area (Å²) in [6.45, 7) is 1.74. The molecule has 2 amide bonds. The monoisotopic (exact) mass is 453 g/mol. The molecule has 0 spiro atoms. The fourth-order valence-corrected chi connectivity index (χ4v) is 4.74. The highest BCUT2D eigenvalue weighted by Gasteiger charge is 2.35. The number of benzene rings is 2. The van der Waals surface area contributed by atoms with Crippen molar-refractivity contribution in [2.45, 2.75) is 22.7 Å². The lowest BCUT2D eigenvalue weighted by atomic mass is 10.1. The smallest absolute Gasteiger partial charge is 0.366 e. The molecule has 2 aromatic carbocycles. The predicted molar refractivity (Wildman–Crippen MR) is 110 cm³/mol. The van der Waals surface area contributed by atoms with Crippen molar-refractivity contribution in [3.63, 3.8) is 0 Å². The Morgan fingerprint density at radius 2 is 1.81 bits per heavy atom. The zero-order valence-electron chi connectivity index (χ0n) is 16.3. The molecule has 1 saturated heterocycles. The van der Waals surface area contributed by atoms with Gasteiger partial charge in [-0.15, -0.1) is 11.8 Å². The molecular weight excluding hydrogens is 434 g/mol. The maximum atomic E-state index is 14.0. The van der Waals surface area contributed by atoms with Crippen LogP contribution in [0.25, 0.3) is 0 Å². The van der Waals surface area contributed by atoms with Gasteiger partial charge in [0.25, 0.3) is 0 Å². The van der Waals surface area contributed by atoms with Gasteiger partial charge in [0.2, 0.25) is 11.8 Å². The standard InChI is InChI=1S/C21H19F4N3O2S/c22-14-3-1-2-4-16(14)27-7-9-28(10-8-27)19(29)12-18-20(30)26-15-11-13(21(23,24)25)5-6-17(15)31-18/h1-6,11,18H,7-10,12H2,(H,26,30)/t18-/m1/s1. The average Bonchev–Trinajstić information content (AvgIpc) is 2.74. The van der Waals surface area contributed by atoms with E-state index in [4.69, 9.17) is 0 Å². The van der Waals surface area contributed by atoms with E-state index in [9.17, 15) is 27.2 Å². The Bertz CT molecular complexity index is 1010. The summed E-state index contributed by atoms with van der Waals surface area (Å²) in [5.41, 5.74) is -0.243. The summed E-state index contributed by atoms with van der Waals surface area (Å²) in [6, 6.07) is 9.63. The van der Waals surface area contributed by atoms with Crippen LogP contribution in [0, 0.1) is 5.82 Å². The molecule has 0 bridgehead atoms. The SMILES string of the molecule is O=C1Nc2cc(C(F)(F)F)ccc2S[C@@H]1CC(=O)N1CCN(c2ccccc2F)CC1. The molecule has 2 aromatic rings. The molecule has 5 nitrogen and oxygen atoms in total. The van der Waals surface area contributed by atoms with Gasteiger partial charge >= 0.3 is 6.18 Å². The van der Waals surface area contributed by atoms with Crippen LogP contribution in [-0.4, -0.2) is 48.1 Å². The zero-order valence-corrected chi connectivity index (χ0v) is 17.1. The largest absolute Gasteiger partial charge is 0.416 e. The summed E-state index contributed by atoms with van der Waals surface area (Å²) in [7, 11) is 0. The van der Waals surface area contributed by atoms with Crippen LogP contribution in [0.4, 0.5) is 28.9 Å². The number of carbonyl (C=O) groups is 2. The van der Waals surface area contributed by atoms with E-state index >= 15 is 0 Å². The van der Waals surface area contributed by atoms with E-state index in [1.165, 1.54) is 12.1 Å². The highest BCUT2D eigenvalue weighted by molar-refractivity contribution is 8.01. The Balaban J connectivity index is 1.36. The minimum atomic E-state index is -4.50. The van der Waals surface area contributed by atoms with Gasteiger partial charge in [-0.25, -0.2) is 4.39 Å². The highest BCUT2D eigenvalue weighted by atomic mass is 32.2. The Labute approximate surface area is 180 Å². The molecule has 0 aliphatic carbocycles. The van der Waals surface area contributed by atoms with Crippen LogP contribution >= 0.6 is 11.8 Å². The van der Waals surface area contributed by atoms with E-state index in [0.717, 1.165) is 23.9 Å². The number of anilines is 2. The van der Waals surface area contributed by atoms with Crippen LogP contribution < -0.4 is 10.2 Å². The van der Waals surface area contributed by atoms with E-state index in [-0.39, 0.29) is 23.8 Å². The molecule has 2 heterocycles. The van der Waals surface area contributed by atoms with Gasteiger partial charge in [-0.2, -0.15) is 13.2 Å². The number of hydrogen-bond acceptors (Lipinski definition) is 4. The first kappa shape index (κ1) is 21.5. The van der Waals surface area contributed by atoms with Crippen LogP contribution in [-0.2, 0) is 15.8 Å². The van der Waals surface area contributed by atoms with Crippen molar-refractivity contribution in [2.24, 2.45) is 0 Å². The number of nitrogens with one attached hydrogen (secondary N) is 1. The van der Waals surface area contributed by atoms with Gasteiger partial charge in [0.1, 0.15) is 5.82 Å². The number of hydrogen-bond donors (Lipinski definition) is 1. The molecule has 0 unspecified atom stereocenters. The molecule has 31 heavy (non-hydrogen) atoms. The second kappa shape index (κ2) is 8.41. The molecule has 10 heteroatoms. The van der Waals surface area contributed by atoms with Crippen molar-refractivity contribution in [2.75, 3.05) is 36.4 Å². The van der Waals surface area contributed by atoms with Crippen LogP contribution in [0.2, 0.25) is 0 Å². The number of thioether (sulfide) groups is 1. The van der Waals surface area contributed by atoms with Crippen molar-refractivity contribution in [3.05, 3.63) is 53.8 Å². The van der Waals surface area contributed by atoms with Gasteiger partial charge < -0.3 is 15.1 Å². The molecule has 2 aliphatic rings. The van der Waals surface area contributed by atoms with E-state index in [1.54, 1.807) is 23.1 Å². The molecule has 0 saturated carbocycles. The summed E-state index contributed by atoms with van der Waals surface area (Å²) < 4.78 is 52.6. The highest BCUT2D eigenvalue weighted by Crippen LogP contribution is 2.40. The number of carbonyl (C=O) groups excluding carboxylic acids is 2. The molecule has 4 rings (SSSR count). The Kier molecular flexibility index (Phi) is 5.83. The lowest BCUT2D eigenvalue weighted by Crippen LogP contribution is -2.50. The summed E-state index contributed by atoms with van der Waals surface area (Å²) in [4.78, 5) is 29.1. The molecule has 0 aromatic heterocycles. The first-order valence-electron chi connectivity index (χ1n) is 9.68. The van der Waals surface area contributed by atoms with Crippen molar-refractivity contribution in [1.82, 2.24) is 4.90 Å². The maximum Gasteiger partial charge on any atom is 0.416 e. The van der Waals surface area contributed by atoms with Crippen LogP contribution in [0.1, 0.15) is 12.0 Å². The molecule has 0 radical (unpaired) electrons. The number of amides is 2. The van der Waals surface area contributed by atoms with Gasteiger partial charge in [0, 0.05) is 37.5 Å². The summed E-state index contributed by atoms with van der Waals surface area (Å²) in [5.74, 6) is -1.02. The Hall–Kier alpha value is -2.75. The minimum absolute atomic E-state index is 0.0589. The minimum Gasteiger partial charge on any atom is -0.366 e. The average molecular weight is 453 g/mol. The maximum absolute atomic E-state index is 14.0. The van der Waals surface area contributed by atoms with Crippen molar-refractivity contribution >= 4 is 35.0 Å². The third kappa shape index (κ3) is 4.63. The first-order chi connectivity index (χ1) is 14.7. The Morgan fingerprint density at radius 3 is 2.48 bits per heavy atom. The van der Waals surface area contributed by atoms with Crippen LogP contribution in [0.15, 0.2) is 47.4 Å². The van der Waals surface area contributed by atoms with E-state index in [0.29, 0.717) is 36.8 Å². The van der Waals surface area contributed by atoms with Crippen molar-refractivity contribution < 1.29 is 27.2 Å². The molecule has 164 valence electrons. The van der Waals surface area contributed by atoms with Crippen molar-refractivity contribution in [1.29, 1.82) is 0 Å². The summed E-state index contributed by atoms with van der Waals surface area (Å²) >= 11 is 1.09. The summed E-state index contributed by atoms with van der Waals surface area (Å²) in [5, 5.41) is 1.76. The number of rotatable bonds is 3. The number of para-hydroxylation sites is 1. The number of halogens is 4. The fraction of sp³-hybridized carbons (Fsp3) is 0.333. The second-order valence-corrected chi connectivity index (χ2v) is 8.57. The van der Waals surface area contributed by atoms with Gasteiger partial charge in [-0.1, -0.05) is 12.1 Å². The summed E-state index contributed by atoms with van der Waals surface area (Å²) in [6.07, 6.45) is -4.56. The van der Waals surface area contributed by atoms with Gasteiger partial charge in [0.05, 0.1) is 22.2 Å². The number of fused-ring (bicyclic) bond motifs is 1. The van der Waals surface area contributed by atoms with Gasteiger partial charge in [-0.3, -0.25) is 9.59 Å². The van der Waals surface area contributed by atoms with Gasteiger partial charge in [-0.05, 0) is 30.3 Å². The zero-order chi connectivity index (χ0) is 22.2. The molecule has 1 N–H and O–H groups in total. The fourth-order valence-electron chi connectivity index (χ4n) is 3.65. The quantitative estimate of drug-likeness (QED) is 0.714. The number of alkyl halides is 3. The molecular formula is C21H19F4N3O2S. The second-order valence-electron chi connectivity index (χ2n) is 7.33. The van der Waals surface area contributed by atoms with Crippen LogP contribution in [0.5, 0.6) is 0 Å². The predicted octanol–water partition coefficient (Wildman–Crippen LogP) is 4.00. The topological polar surface area (TPSA) is 52.7 Å². The van der Waals surface area contributed by atoms with E-state index in [2.05, 4.69) is 5.32 Å². The lowest BCUT2D eigenvalue weighted by molar-refractivity contribution is -0.137. The Morgan fingerprint density at radius 1 is 1.10 bits per heavy atom. The van der Waals surface area contributed by atoms with Crippen LogP contribution in [0.3, 0.4) is 0 Å². The number of nitrogens with zero attached hydrogens (tertiary/aromatic N) is 2. The van der Waals surface area contributed by atoms with E-state index in [1.807, 2.05) is 4.90 Å². The third-order valence-electron chi connectivity index (χ3n) is 5.31. The number of piperazine rings is 1. The third-order valence-corrected chi connectivity index (χ3v) is 6.59. The van der Waals surface area contributed by atoms with Crippen molar-refractivity contribution in [3.8, 4) is 0 Å².